The summed E-state index contributed by atoms with van der Waals surface area (Å²) in [6.07, 6.45) is 0. The van der Waals surface area contributed by atoms with Crippen LogP contribution in [0.1, 0.15) is 79.0 Å². The van der Waals surface area contributed by atoms with Crippen molar-refractivity contribution in [3.63, 3.8) is 0 Å². The van der Waals surface area contributed by atoms with E-state index in [1.807, 2.05) is 11.3 Å². The van der Waals surface area contributed by atoms with Gasteiger partial charge in [0.1, 0.15) is 11.2 Å². The number of thiophene rings is 1. The van der Waals surface area contributed by atoms with Gasteiger partial charge in [-0.25, -0.2) is 0 Å². The van der Waals surface area contributed by atoms with Gasteiger partial charge >= 0.3 is 0 Å². The second-order valence-corrected chi connectivity index (χ2v) is 33.9. The van der Waals surface area contributed by atoms with Gasteiger partial charge < -0.3 is 18.8 Å². The monoisotopic (exact) mass is 1410 g/mol. The minimum atomic E-state index is -0.283. The van der Waals surface area contributed by atoms with Gasteiger partial charge in [-0.15, -0.1) is 11.3 Å². The number of rotatable bonds is 9. The molecule has 5 heterocycles. The number of benzene rings is 15. The molecule has 108 heavy (non-hydrogen) atoms. The molecule has 3 aromatic heterocycles. The van der Waals surface area contributed by atoms with E-state index in [2.05, 4.69) is 398 Å². The molecule has 518 valence electrons. The van der Waals surface area contributed by atoms with Crippen molar-refractivity contribution in [1.29, 1.82) is 0 Å². The second-order valence-electron chi connectivity index (χ2n) is 32.8. The minimum absolute atomic E-state index is 0.0715. The van der Waals surface area contributed by atoms with E-state index >= 15 is 0 Å². The average Bonchev–Trinajstić information content (AvgIpc) is 0.885. The molecule has 2 aliphatic rings. The molecule has 0 amide bonds. The first-order chi connectivity index (χ1) is 52.5. The Hall–Kier alpha value is -12.2. The topological polar surface area (TPSA) is 24.6 Å². The van der Waals surface area contributed by atoms with E-state index in [0.717, 1.165) is 112 Å². The number of aromatic nitrogens is 1. The standard InChI is InChI=1S/C102H80BN3OS/c1-100(2,3)71-36-27-35-66(54-71)67-47-51-87-85(57-67)103-84-50-48-73(105-86-43-24-20-38-77(86)78-49-52-92-96(99(78)105)79-39-21-25-44-91(79)107-92)62-88(84)106(98-81(64-31-15-11-16-32-64)60-72(101(4,5)6)61-82(98)65-33-17-12-18-34-65)90-59-70(76-41-28-46-94-95(76)80-40-22-26-45-93(80)108-94)58-89(97(90)103)104(87)74-55-68(63-29-13-10-14-30-63)53-69(56-74)75-37-19-23-42-83(75)102(7,8)9/h10-62H,1-9H3. The predicted octanol–water partition coefficient (Wildman–Crippen LogP) is 27.0. The number of para-hydroxylation sites is 2. The van der Waals surface area contributed by atoms with Crippen molar-refractivity contribution < 1.29 is 4.42 Å². The summed E-state index contributed by atoms with van der Waals surface area (Å²) in [6.45, 7) is 20.8. The summed E-state index contributed by atoms with van der Waals surface area (Å²) >= 11 is 1.88. The van der Waals surface area contributed by atoms with Crippen LogP contribution >= 0.6 is 11.3 Å². The molecule has 20 rings (SSSR count). The smallest absolute Gasteiger partial charge is 0.252 e. The van der Waals surface area contributed by atoms with Gasteiger partial charge in [0.2, 0.25) is 0 Å². The molecule has 0 N–H and O–H groups in total. The van der Waals surface area contributed by atoms with Crippen LogP contribution in [-0.2, 0) is 16.2 Å². The molecule has 4 nitrogen and oxygen atoms in total. The van der Waals surface area contributed by atoms with Crippen LogP contribution in [0, 0.1) is 0 Å². The highest BCUT2D eigenvalue weighted by atomic mass is 32.1. The Morgan fingerprint density at radius 3 is 1.63 bits per heavy atom. The van der Waals surface area contributed by atoms with Crippen LogP contribution in [0.3, 0.4) is 0 Å². The third kappa shape index (κ3) is 10.5. The van der Waals surface area contributed by atoms with Gasteiger partial charge in [-0.3, -0.25) is 0 Å². The number of anilines is 6. The van der Waals surface area contributed by atoms with Gasteiger partial charge in [0, 0.05) is 81.6 Å². The SMILES string of the molecule is CC(C)(C)c1cccc(-c2ccc3c(c2)B2c4ccc(-n5c6ccccc6c6ccc7oc8ccccc8c7c65)cc4N(c4c(-c5ccccc5)cc(C(C)(C)C)cc4-c4ccccc4)c4cc(-c5cccc6sc7ccccc7c56)cc(c42)N3c2cc(-c3ccccc3)cc(-c3ccccc3C(C)(C)C)c2)c1. The Morgan fingerprint density at radius 1 is 0.306 bits per heavy atom. The number of nitrogens with zero attached hydrogens (tertiary/aromatic N) is 3. The van der Waals surface area contributed by atoms with Crippen molar-refractivity contribution in [3.05, 3.63) is 338 Å². The summed E-state index contributed by atoms with van der Waals surface area (Å²) in [4.78, 5) is 5.41. The van der Waals surface area contributed by atoms with E-state index in [9.17, 15) is 0 Å². The van der Waals surface area contributed by atoms with Crippen molar-refractivity contribution in [1.82, 2.24) is 4.57 Å². The van der Waals surface area contributed by atoms with Gasteiger partial charge in [0.05, 0.1) is 22.1 Å². The van der Waals surface area contributed by atoms with E-state index in [1.165, 1.54) is 91.8 Å². The number of hydrogen-bond donors (Lipinski definition) is 0. The summed E-state index contributed by atoms with van der Waals surface area (Å²) in [5.74, 6) is 0. The van der Waals surface area contributed by atoms with Gasteiger partial charge in [-0.1, -0.05) is 287 Å². The van der Waals surface area contributed by atoms with Crippen molar-refractivity contribution in [2.75, 3.05) is 9.80 Å². The van der Waals surface area contributed by atoms with Crippen molar-refractivity contribution in [2.45, 2.75) is 78.6 Å². The second kappa shape index (κ2) is 24.7. The summed E-state index contributed by atoms with van der Waals surface area (Å²) in [6, 6.07) is 122. The zero-order valence-electron chi connectivity index (χ0n) is 62.3. The van der Waals surface area contributed by atoms with Crippen molar-refractivity contribution >= 4 is 132 Å². The third-order valence-electron chi connectivity index (χ3n) is 23.0. The quantitative estimate of drug-likeness (QED) is 0.135. The molecule has 0 atom stereocenters. The molecular weight excluding hydrogens is 1330 g/mol. The first kappa shape index (κ1) is 65.3. The van der Waals surface area contributed by atoms with Crippen molar-refractivity contribution in [3.8, 4) is 72.4 Å². The zero-order chi connectivity index (χ0) is 73.1. The Balaban J connectivity index is 0.982. The maximum Gasteiger partial charge on any atom is 0.252 e. The highest BCUT2D eigenvalue weighted by molar-refractivity contribution is 7.26. The summed E-state index contributed by atoms with van der Waals surface area (Å²) in [7, 11) is 0. The number of fused-ring (bicyclic) bond motifs is 14. The minimum Gasteiger partial charge on any atom is -0.456 e. The largest absolute Gasteiger partial charge is 0.456 e. The molecule has 0 aliphatic carbocycles. The fourth-order valence-corrected chi connectivity index (χ4v) is 18.9. The average molecular weight is 1410 g/mol. The lowest BCUT2D eigenvalue weighted by molar-refractivity contribution is 0.590. The number of hydrogen-bond acceptors (Lipinski definition) is 4. The molecule has 15 aromatic carbocycles. The molecule has 2 aliphatic heterocycles. The van der Waals surface area contributed by atoms with Crippen LogP contribution in [0.4, 0.5) is 34.1 Å². The normalized spacial score (nSPS) is 13.0. The lowest BCUT2D eigenvalue weighted by Gasteiger charge is -2.45. The molecule has 6 heteroatoms. The van der Waals surface area contributed by atoms with E-state index in [0.29, 0.717) is 0 Å². The molecule has 0 fully saturated rings. The van der Waals surface area contributed by atoms with E-state index in [-0.39, 0.29) is 23.0 Å². The molecule has 0 radical (unpaired) electrons. The highest BCUT2D eigenvalue weighted by Gasteiger charge is 2.46. The molecular formula is C102H80BN3OS. The van der Waals surface area contributed by atoms with Crippen LogP contribution < -0.4 is 26.2 Å². The fourth-order valence-electron chi connectivity index (χ4n) is 17.8. The predicted molar refractivity (Wildman–Crippen MR) is 464 cm³/mol. The van der Waals surface area contributed by atoms with Crippen molar-refractivity contribution in [2.24, 2.45) is 0 Å². The summed E-state index contributed by atoms with van der Waals surface area (Å²) < 4.78 is 11.9. The Morgan fingerprint density at radius 2 is 0.898 bits per heavy atom. The van der Waals surface area contributed by atoms with Crippen LogP contribution in [0.2, 0.25) is 0 Å². The first-order valence-electron chi connectivity index (χ1n) is 38.0. The van der Waals surface area contributed by atoms with Gasteiger partial charge in [0.25, 0.3) is 6.71 Å². The fraction of sp³-hybridized carbons (Fsp3) is 0.118. The van der Waals surface area contributed by atoms with Crippen LogP contribution in [0.15, 0.2) is 326 Å². The molecule has 18 aromatic rings. The third-order valence-corrected chi connectivity index (χ3v) is 24.1. The van der Waals surface area contributed by atoms with Crippen LogP contribution in [-0.4, -0.2) is 11.3 Å². The lowest BCUT2D eigenvalue weighted by atomic mass is 9.33. The molecule has 0 spiro atoms. The highest BCUT2D eigenvalue weighted by Crippen LogP contribution is 2.55. The maximum atomic E-state index is 6.82. The number of furan rings is 1. The maximum absolute atomic E-state index is 6.82. The van der Waals surface area contributed by atoms with E-state index in [4.69, 9.17) is 4.42 Å². The molecule has 0 saturated heterocycles. The van der Waals surface area contributed by atoms with E-state index in [1.54, 1.807) is 0 Å². The zero-order valence-corrected chi connectivity index (χ0v) is 63.2. The van der Waals surface area contributed by atoms with Gasteiger partial charge in [-0.05, 0) is 202 Å². The van der Waals surface area contributed by atoms with Gasteiger partial charge in [-0.2, -0.15) is 0 Å². The first-order valence-corrected chi connectivity index (χ1v) is 38.8. The Labute approximate surface area is 636 Å². The van der Waals surface area contributed by atoms with Crippen LogP contribution in [0.25, 0.3) is 136 Å². The summed E-state index contributed by atoms with van der Waals surface area (Å²) in [5, 5.41) is 7.08. The van der Waals surface area contributed by atoms with Gasteiger partial charge in [0.15, 0.2) is 0 Å². The molecule has 0 saturated carbocycles. The summed E-state index contributed by atoms with van der Waals surface area (Å²) in [5.41, 5.74) is 32.8. The van der Waals surface area contributed by atoms with E-state index < -0.39 is 0 Å². The molecule has 0 bridgehead atoms. The lowest BCUT2D eigenvalue weighted by Crippen LogP contribution is -2.61. The Kier molecular flexibility index (Phi) is 14.9. The molecule has 0 unspecified atom stereocenters. The van der Waals surface area contributed by atoms with Crippen LogP contribution in [0.5, 0.6) is 0 Å². The Bertz CT molecular complexity index is 6630.